The largest absolute Gasteiger partial charge is 0.497 e. The summed E-state index contributed by atoms with van der Waals surface area (Å²) in [6.45, 7) is 6.13. The standard InChI is InChI=1S/C14H20O3/c1-14(2,3)9-12(15)11-7-6-10(16-4)8-13(11)17-5/h6-8H,9H2,1-5H3. The number of ketones is 1. The molecule has 3 heteroatoms. The van der Waals surface area contributed by atoms with Crippen molar-refractivity contribution in [2.24, 2.45) is 5.41 Å². The van der Waals surface area contributed by atoms with Gasteiger partial charge in [-0.1, -0.05) is 20.8 Å². The molecule has 1 rings (SSSR count). The lowest BCUT2D eigenvalue weighted by molar-refractivity contribution is 0.0937. The van der Waals surface area contributed by atoms with Crippen LogP contribution in [0.4, 0.5) is 0 Å². The molecule has 0 unspecified atom stereocenters. The minimum absolute atomic E-state index is 0.0258. The average Bonchev–Trinajstić information content (AvgIpc) is 2.25. The lowest BCUT2D eigenvalue weighted by atomic mass is 9.87. The Balaban J connectivity index is 3.01. The number of methoxy groups -OCH3 is 2. The molecule has 0 aliphatic carbocycles. The molecule has 0 spiro atoms. The van der Waals surface area contributed by atoms with Gasteiger partial charge in [-0.2, -0.15) is 0 Å². The molecule has 0 radical (unpaired) electrons. The lowest BCUT2D eigenvalue weighted by Gasteiger charge is -2.18. The first kappa shape index (κ1) is 13.6. The van der Waals surface area contributed by atoms with Crippen molar-refractivity contribution in [3.05, 3.63) is 23.8 Å². The Hall–Kier alpha value is -1.51. The minimum atomic E-state index is -0.0258. The maximum absolute atomic E-state index is 12.1. The van der Waals surface area contributed by atoms with E-state index in [0.29, 0.717) is 23.5 Å². The quantitative estimate of drug-likeness (QED) is 0.752. The zero-order valence-corrected chi connectivity index (χ0v) is 11.2. The van der Waals surface area contributed by atoms with Gasteiger partial charge in [0, 0.05) is 12.5 Å². The van der Waals surface area contributed by atoms with Gasteiger partial charge >= 0.3 is 0 Å². The maximum atomic E-state index is 12.1. The molecule has 0 aromatic heterocycles. The predicted octanol–water partition coefficient (Wildman–Crippen LogP) is 3.32. The third-order valence-electron chi connectivity index (χ3n) is 2.40. The summed E-state index contributed by atoms with van der Waals surface area (Å²) in [5, 5.41) is 0. The van der Waals surface area contributed by atoms with Crippen molar-refractivity contribution in [3.8, 4) is 11.5 Å². The topological polar surface area (TPSA) is 35.5 Å². The van der Waals surface area contributed by atoms with Crippen LogP contribution in [-0.2, 0) is 0 Å². The Morgan fingerprint density at radius 1 is 1.18 bits per heavy atom. The molecule has 0 saturated heterocycles. The van der Waals surface area contributed by atoms with Gasteiger partial charge in [0.15, 0.2) is 5.78 Å². The van der Waals surface area contributed by atoms with Crippen LogP contribution in [0.2, 0.25) is 0 Å². The van der Waals surface area contributed by atoms with Crippen LogP contribution < -0.4 is 9.47 Å². The first-order valence-electron chi connectivity index (χ1n) is 5.62. The highest BCUT2D eigenvalue weighted by Crippen LogP contribution is 2.29. The van der Waals surface area contributed by atoms with E-state index in [1.54, 1.807) is 32.4 Å². The van der Waals surface area contributed by atoms with E-state index in [2.05, 4.69) is 0 Å². The summed E-state index contributed by atoms with van der Waals surface area (Å²) in [5.74, 6) is 1.35. The van der Waals surface area contributed by atoms with E-state index >= 15 is 0 Å². The second-order valence-corrected chi connectivity index (χ2v) is 5.23. The summed E-state index contributed by atoms with van der Waals surface area (Å²) in [7, 11) is 3.15. The number of rotatable bonds is 4. The van der Waals surface area contributed by atoms with Gasteiger partial charge in [0.2, 0.25) is 0 Å². The number of Topliss-reactive ketones (excluding diaryl/α,β-unsaturated/α-hetero) is 1. The zero-order chi connectivity index (χ0) is 13.1. The van der Waals surface area contributed by atoms with Crippen LogP contribution >= 0.6 is 0 Å². The van der Waals surface area contributed by atoms with E-state index in [4.69, 9.17) is 9.47 Å². The Kier molecular flexibility index (Phi) is 4.16. The molecule has 3 nitrogen and oxygen atoms in total. The Morgan fingerprint density at radius 2 is 1.82 bits per heavy atom. The summed E-state index contributed by atoms with van der Waals surface area (Å²) in [6, 6.07) is 5.26. The summed E-state index contributed by atoms with van der Waals surface area (Å²) in [4.78, 5) is 12.1. The molecular weight excluding hydrogens is 216 g/mol. The molecule has 0 fully saturated rings. The number of carbonyl (C=O) groups excluding carboxylic acids is 1. The fourth-order valence-electron chi connectivity index (χ4n) is 1.61. The fourth-order valence-corrected chi connectivity index (χ4v) is 1.61. The predicted molar refractivity (Wildman–Crippen MR) is 67.9 cm³/mol. The van der Waals surface area contributed by atoms with Gasteiger partial charge in [0.1, 0.15) is 11.5 Å². The summed E-state index contributed by atoms with van der Waals surface area (Å²) in [6.07, 6.45) is 0.496. The van der Waals surface area contributed by atoms with Crippen molar-refractivity contribution in [1.29, 1.82) is 0 Å². The molecule has 17 heavy (non-hydrogen) atoms. The molecule has 0 amide bonds. The van der Waals surface area contributed by atoms with Crippen LogP contribution in [0.3, 0.4) is 0 Å². The van der Waals surface area contributed by atoms with Crippen LogP contribution in [-0.4, -0.2) is 20.0 Å². The van der Waals surface area contributed by atoms with E-state index in [0.717, 1.165) is 0 Å². The SMILES string of the molecule is COc1ccc(C(=O)CC(C)(C)C)c(OC)c1. The summed E-state index contributed by atoms with van der Waals surface area (Å²) < 4.78 is 10.3. The molecule has 1 aromatic carbocycles. The second kappa shape index (κ2) is 5.21. The second-order valence-electron chi connectivity index (χ2n) is 5.23. The normalized spacial score (nSPS) is 11.1. The van der Waals surface area contributed by atoms with Gasteiger partial charge < -0.3 is 9.47 Å². The van der Waals surface area contributed by atoms with Crippen LogP contribution in [0.1, 0.15) is 37.6 Å². The summed E-state index contributed by atoms with van der Waals surface area (Å²) >= 11 is 0. The van der Waals surface area contributed by atoms with Crippen molar-refractivity contribution < 1.29 is 14.3 Å². The van der Waals surface area contributed by atoms with E-state index in [1.807, 2.05) is 20.8 Å². The van der Waals surface area contributed by atoms with Crippen molar-refractivity contribution >= 4 is 5.78 Å². The number of hydrogen-bond donors (Lipinski definition) is 0. The monoisotopic (exact) mass is 236 g/mol. The number of carbonyl (C=O) groups is 1. The van der Waals surface area contributed by atoms with Gasteiger partial charge in [-0.15, -0.1) is 0 Å². The molecule has 0 aliphatic rings. The number of ether oxygens (including phenoxy) is 2. The van der Waals surface area contributed by atoms with Crippen LogP contribution in [0.5, 0.6) is 11.5 Å². The molecule has 0 atom stereocenters. The molecule has 0 N–H and O–H groups in total. The third kappa shape index (κ3) is 3.77. The number of hydrogen-bond acceptors (Lipinski definition) is 3. The molecule has 1 aromatic rings. The van der Waals surface area contributed by atoms with E-state index < -0.39 is 0 Å². The van der Waals surface area contributed by atoms with Gasteiger partial charge in [-0.25, -0.2) is 0 Å². The highest BCUT2D eigenvalue weighted by Gasteiger charge is 2.20. The molecular formula is C14H20O3. The van der Waals surface area contributed by atoms with Crippen LogP contribution in [0, 0.1) is 5.41 Å². The van der Waals surface area contributed by atoms with Gasteiger partial charge in [-0.05, 0) is 17.5 Å². The first-order valence-corrected chi connectivity index (χ1v) is 5.62. The minimum Gasteiger partial charge on any atom is -0.497 e. The first-order chi connectivity index (χ1) is 7.87. The van der Waals surface area contributed by atoms with Gasteiger partial charge in [-0.3, -0.25) is 4.79 Å². The molecule has 0 bridgehead atoms. The third-order valence-corrected chi connectivity index (χ3v) is 2.40. The smallest absolute Gasteiger partial charge is 0.167 e. The molecule has 0 saturated carbocycles. The van der Waals surface area contributed by atoms with Crippen molar-refractivity contribution in [2.45, 2.75) is 27.2 Å². The Labute approximate surface area is 103 Å². The van der Waals surface area contributed by atoms with E-state index in [9.17, 15) is 4.79 Å². The maximum Gasteiger partial charge on any atom is 0.167 e. The van der Waals surface area contributed by atoms with Crippen molar-refractivity contribution in [2.75, 3.05) is 14.2 Å². The lowest BCUT2D eigenvalue weighted by Crippen LogP contribution is -2.13. The number of benzene rings is 1. The van der Waals surface area contributed by atoms with Crippen LogP contribution in [0.15, 0.2) is 18.2 Å². The van der Waals surface area contributed by atoms with Gasteiger partial charge in [0.05, 0.1) is 19.8 Å². The van der Waals surface area contributed by atoms with E-state index in [1.165, 1.54) is 0 Å². The molecule has 94 valence electrons. The zero-order valence-electron chi connectivity index (χ0n) is 11.2. The van der Waals surface area contributed by atoms with Crippen molar-refractivity contribution in [3.63, 3.8) is 0 Å². The summed E-state index contributed by atoms with van der Waals surface area (Å²) in [5.41, 5.74) is 0.588. The highest BCUT2D eigenvalue weighted by molar-refractivity contribution is 5.99. The molecule has 0 heterocycles. The Bertz CT molecular complexity index is 402. The Morgan fingerprint density at radius 3 is 2.29 bits per heavy atom. The van der Waals surface area contributed by atoms with Gasteiger partial charge in [0.25, 0.3) is 0 Å². The van der Waals surface area contributed by atoms with E-state index in [-0.39, 0.29) is 11.2 Å². The van der Waals surface area contributed by atoms with Crippen LogP contribution in [0.25, 0.3) is 0 Å². The van der Waals surface area contributed by atoms with Crippen molar-refractivity contribution in [1.82, 2.24) is 0 Å². The fraction of sp³-hybridized carbons (Fsp3) is 0.500. The average molecular weight is 236 g/mol. The molecule has 0 aliphatic heterocycles. The highest BCUT2D eigenvalue weighted by atomic mass is 16.5.